The maximum atomic E-state index is 5.39. The summed E-state index contributed by atoms with van der Waals surface area (Å²) in [5.41, 5.74) is 4.59. The molecule has 2 heterocycles. The molecule has 0 saturated carbocycles. The average Bonchev–Trinajstić information content (AvgIpc) is 2.78. The number of ether oxygens (including phenoxy) is 1. The largest absolute Gasteiger partial charge is 0.379 e. The van der Waals surface area contributed by atoms with Crippen molar-refractivity contribution in [3.8, 4) is 11.1 Å². The summed E-state index contributed by atoms with van der Waals surface area (Å²) in [6, 6.07) is 18.7. The smallest absolute Gasteiger partial charge is 0.229 e. The van der Waals surface area contributed by atoms with E-state index >= 15 is 0 Å². The van der Waals surface area contributed by atoms with Gasteiger partial charge in [0.2, 0.25) is 5.95 Å². The van der Waals surface area contributed by atoms with Gasteiger partial charge < -0.3 is 15.4 Å². The number of anilines is 3. The third kappa shape index (κ3) is 5.78. The zero-order valence-electron chi connectivity index (χ0n) is 17.5. The molecule has 1 fully saturated rings. The summed E-state index contributed by atoms with van der Waals surface area (Å²) in [5.74, 6) is 1.43. The van der Waals surface area contributed by atoms with Gasteiger partial charge >= 0.3 is 0 Å². The highest BCUT2D eigenvalue weighted by atomic mass is 16.5. The number of benzene rings is 2. The van der Waals surface area contributed by atoms with Crippen LogP contribution in [0, 0.1) is 6.92 Å². The molecule has 30 heavy (non-hydrogen) atoms. The first-order valence-corrected chi connectivity index (χ1v) is 10.6. The van der Waals surface area contributed by atoms with Gasteiger partial charge in [-0.1, -0.05) is 42.0 Å². The number of nitrogens with zero attached hydrogens (tertiary/aromatic N) is 3. The van der Waals surface area contributed by atoms with E-state index in [2.05, 4.69) is 68.8 Å². The molecule has 0 bridgehead atoms. The van der Waals surface area contributed by atoms with E-state index in [0.29, 0.717) is 5.95 Å². The van der Waals surface area contributed by atoms with Crippen LogP contribution >= 0.6 is 0 Å². The van der Waals surface area contributed by atoms with E-state index in [-0.39, 0.29) is 0 Å². The van der Waals surface area contributed by atoms with Crippen LogP contribution in [-0.2, 0) is 4.74 Å². The van der Waals surface area contributed by atoms with E-state index in [1.54, 1.807) is 6.20 Å². The first-order chi connectivity index (χ1) is 14.8. The lowest BCUT2D eigenvalue weighted by atomic mass is 10.0. The lowest BCUT2D eigenvalue weighted by molar-refractivity contribution is 0.0378. The molecule has 156 valence electrons. The molecule has 0 unspecified atom stereocenters. The summed E-state index contributed by atoms with van der Waals surface area (Å²) in [5, 5.41) is 6.73. The summed E-state index contributed by atoms with van der Waals surface area (Å²) in [4.78, 5) is 11.4. The third-order valence-corrected chi connectivity index (χ3v) is 5.19. The molecule has 1 saturated heterocycles. The maximum Gasteiger partial charge on any atom is 0.229 e. The van der Waals surface area contributed by atoms with Gasteiger partial charge in [0.15, 0.2) is 0 Å². The highest BCUT2D eigenvalue weighted by Crippen LogP contribution is 2.24. The molecule has 6 nitrogen and oxygen atoms in total. The summed E-state index contributed by atoms with van der Waals surface area (Å²) in [7, 11) is 0. The molecule has 2 N–H and O–H groups in total. The van der Waals surface area contributed by atoms with E-state index in [1.807, 2.05) is 18.2 Å². The van der Waals surface area contributed by atoms with Gasteiger partial charge in [-0.15, -0.1) is 0 Å². The number of rotatable bonds is 8. The van der Waals surface area contributed by atoms with Gasteiger partial charge in [-0.3, -0.25) is 4.90 Å². The molecule has 6 heteroatoms. The van der Waals surface area contributed by atoms with Gasteiger partial charge in [-0.05, 0) is 49.2 Å². The van der Waals surface area contributed by atoms with Crippen LogP contribution in [0.1, 0.15) is 12.0 Å². The Kier molecular flexibility index (Phi) is 6.90. The normalized spacial score (nSPS) is 14.4. The molecule has 1 aromatic heterocycles. The van der Waals surface area contributed by atoms with Gasteiger partial charge in [0.25, 0.3) is 0 Å². The van der Waals surface area contributed by atoms with E-state index < -0.39 is 0 Å². The topological polar surface area (TPSA) is 62.3 Å². The van der Waals surface area contributed by atoms with Crippen LogP contribution in [0.5, 0.6) is 0 Å². The highest BCUT2D eigenvalue weighted by molar-refractivity contribution is 5.70. The molecular formula is C24H29N5O. The Hall–Kier alpha value is -2.96. The fourth-order valence-electron chi connectivity index (χ4n) is 3.59. The minimum Gasteiger partial charge on any atom is -0.379 e. The first-order valence-electron chi connectivity index (χ1n) is 10.6. The first kappa shape index (κ1) is 20.3. The predicted molar refractivity (Wildman–Crippen MR) is 122 cm³/mol. The molecule has 0 aliphatic carbocycles. The van der Waals surface area contributed by atoms with E-state index in [4.69, 9.17) is 4.74 Å². The van der Waals surface area contributed by atoms with Gasteiger partial charge in [-0.2, -0.15) is 4.98 Å². The molecular weight excluding hydrogens is 374 g/mol. The Morgan fingerprint density at radius 2 is 1.80 bits per heavy atom. The second-order valence-corrected chi connectivity index (χ2v) is 7.58. The lowest BCUT2D eigenvalue weighted by Gasteiger charge is -2.26. The molecule has 0 spiro atoms. The minimum atomic E-state index is 0.592. The van der Waals surface area contributed by atoms with Gasteiger partial charge in [0.05, 0.1) is 13.2 Å². The van der Waals surface area contributed by atoms with E-state index in [9.17, 15) is 0 Å². The average molecular weight is 404 g/mol. The van der Waals surface area contributed by atoms with Crippen molar-refractivity contribution in [2.75, 3.05) is 50.0 Å². The Labute approximate surface area is 178 Å². The van der Waals surface area contributed by atoms with Crippen LogP contribution in [0.3, 0.4) is 0 Å². The van der Waals surface area contributed by atoms with Gasteiger partial charge in [0.1, 0.15) is 5.82 Å². The second kappa shape index (κ2) is 10.2. The molecule has 2 aromatic carbocycles. The number of aromatic nitrogens is 2. The molecule has 4 rings (SSSR count). The number of hydrogen-bond donors (Lipinski definition) is 2. The zero-order valence-corrected chi connectivity index (χ0v) is 17.5. The van der Waals surface area contributed by atoms with Crippen LogP contribution in [0.4, 0.5) is 17.5 Å². The molecule has 0 amide bonds. The minimum absolute atomic E-state index is 0.592. The number of aryl methyl sites for hydroxylation is 1. The Bertz CT molecular complexity index is 956. The standard InChI is InChI=1S/C24H29N5O/c1-19-5-2-6-20(17-19)21-7-3-8-22(18-21)27-24-26-11-9-23(28-24)25-10-4-12-29-13-15-30-16-14-29/h2-3,5-9,11,17-18H,4,10,12-16H2,1H3,(H2,25,26,27,28). The third-order valence-electron chi connectivity index (χ3n) is 5.19. The van der Waals surface area contributed by atoms with Gasteiger partial charge in [0, 0.05) is 31.5 Å². The van der Waals surface area contributed by atoms with E-state index in [1.165, 1.54) is 16.7 Å². The van der Waals surface area contributed by atoms with Crippen molar-refractivity contribution in [3.05, 3.63) is 66.4 Å². The molecule has 3 aromatic rings. The Balaban J connectivity index is 1.33. The van der Waals surface area contributed by atoms with Crippen molar-refractivity contribution in [3.63, 3.8) is 0 Å². The van der Waals surface area contributed by atoms with Gasteiger partial charge in [-0.25, -0.2) is 4.98 Å². The van der Waals surface area contributed by atoms with Crippen molar-refractivity contribution in [2.45, 2.75) is 13.3 Å². The van der Waals surface area contributed by atoms with Crippen LogP contribution in [0.2, 0.25) is 0 Å². The monoisotopic (exact) mass is 403 g/mol. The number of hydrogen-bond acceptors (Lipinski definition) is 6. The van der Waals surface area contributed by atoms with Crippen LogP contribution < -0.4 is 10.6 Å². The Morgan fingerprint density at radius 3 is 2.63 bits per heavy atom. The zero-order chi connectivity index (χ0) is 20.6. The quantitative estimate of drug-likeness (QED) is 0.546. The SMILES string of the molecule is Cc1cccc(-c2cccc(Nc3nccc(NCCCN4CCOCC4)n3)c2)c1. The van der Waals surface area contributed by atoms with E-state index in [0.717, 1.165) is 57.3 Å². The van der Waals surface area contributed by atoms with Crippen molar-refractivity contribution >= 4 is 17.5 Å². The summed E-state index contributed by atoms with van der Waals surface area (Å²) >= 11 is 0. The summed E-state index contributed by atoms with van der Waals surface area (Å²) in [6.07, 6.45) is 2.86. The van der Waals surface area contributed by atoms with Crippen molar-refractivity contribution in [1.82, 2.24) is 14.9 Å². The fourth-order valence-corrected chi connectivity index (χ4v) is 3.59. The lowest BCUT2D eigenvalue weighted by Crippen LogP contribution is -2.37. The maximum absolute atomic E-state index is 5.39. The molecule has 0 radical (unpaired) electrons. The summed E-state index contributed by atoms with van der Waals surface area (Å²) in [6.45, 7) is 7.83. The molecule has 0 atom stereocenters. The Morgan fingerprint density at radius 1 is 1.00 bits per heavy atom. The van der Waals surface area contributed by atoms with Crippen LogP contribution in [-0.4, -0.2) is 54.3 Å². The van der Waals surface area contributed by atoms with Crippen molar-refractivity contribution in [2.24, 2.45) is 0 Å². The fraction of sp³-hybridized carbons (Fsp3) is 0.333. The van der Waals surface area contributed by atoms with Crippen molar-refractivity contribution < 1.29 is 4.74 Å². The predicted octanol–water partition coefficient (Wildman–Crippen LogP) is 4.33. The second-order valence-electron chi connectivity index (χ2n) is 7.58. The van der Waals surface area contributed by atoms with Crippen LogP contribution in [0.15, 0.2) is 60.8 Å². The number of nitrogens with one attached hydrogen (secondary N) is 2. The molecule has 1 aliphatic rings. The number of morpholine rings is 1. The van der Waals surface area contributed by atoms with Crippen molar-refractivity contribution in [1.29, 1.82) is 0 Å². The highest BCUT2D eigenvalue weighted by Gasteiger charge is 2.09. The molecule has 1 aliphatic heterocycles. The van der Waals surface area contributed by atoms with Crippen LogP contribution in [0.25, 0.3) is 11.1 Å². The summed E-state index contributed by atoms with van der Waals surface area (Å²) < 4.78 is 5.39.